The number of aromatic nitrogens is 3. The topological polar surface area (TPSA) is 85.6 Å². The van der Waals surface area contributed by atoms with Gasteiger partial charge in [0.25, 0.3) is 10.0 Å². The van der Waals surface area contributed by atoms with Crippen molar-refractivity contribution in [3.05, 3.63) is 47.3 Å². The zero-order valence-electron chi connectivity index (χ0n) is 14.5. The molecule has 27 heavy (non-hydrogen) atoms. The van der Waals surface area contributed by atoms with E-state index >= 15 is 0 Å². The molecule has 0 amide bonds. The number of halogens is 3. The second-order valence-corrected chi connectivity index (χ2v) is 7.41. The molecule has 2 heterocycles. The lowest BCUT2D eigenvalue weighted by Crippen LogP contribution is -2.18. The molecule has 0 aliphatic heterocycles. The van der Waals surface area contributed by atoms with E-state index in [9.17, 15) is 21.6 Å². The van der Waals surface area contributed by atoms with Gasteiger partial charge in [-0.1, -0.05) is 6.07 Å². The van der Waals surface area contributed by atoms with E-state index in [1.807, 2.05) is 4.72 Å². The minimum Gasteiger partial charge on any atom is -0.495 e. The van der Waals surface area contributed by atoms with Crippen LogP contribution in [0.25, 0.3) is 5.65 Å². The zero-order valence-corrected chi connectivity index (χ0v) is 15.3. The molecule has 0 fully saturated rings. The van der Waals surface area contributed by atoms with Gasteiger partial charge in [-0.05, 0) is 32.0 Å². The highest BCUT2D eigenvalue weighted by atomic mass is 32.2. The van der Waals surface area contributed by atoms with Crippen LogP contribution in [0.15, 0.2) is 35.4 Å². The third-order valence-corrected chi connectivity index (χ3v) is 5.00. The first-order valence-electron chi connectivity index (χ1n) is 7.64. The number of hydrogen-bond acceptors (Lipinski definition) is 5. The molecule has 0 unspecified atom stereocenters. The molecule has 0 atom stereocenters. The molecule has 3 rings (SSSR count). The van der Waals surface area contributed by atoms with Crippen LogP contribution in [0, 0.1) is 13.8 Å². The molecule has 0 radical (unpaired) electrons. The number of ether oxygens (including phenoxy) is 1. The van der Waals surface area contributed by atoms with Crippen molar-refractivity contribution in [3.8, 4) is 5.75 Å². The Kier molecular flexibility index (Phi) is 4.50. The van der Waals surface area contributed by atoms with Crippen molar-refractivity contribution in [2.24, 2.45) is 0 Å². The summed E-state index contributed by atoms with van der Waals surface area (Å²) in [7, 11) is -3.28. The van der Waals surface area contributed by atoms with Crippen LogP contribution in [0.3, 0.4) is 0 Å². The standard InChI is InChI=1S/C16H15F3N4O3S/c1-9-7-10(2)23-13(20-9)8-14(21-23)27(24,25)22-15-11(16(17,18)19)5-4-6-12(15)26-3/h4-8,22H,1-3H3. The first-order chi connectivity index (χ1) is 12.5. The van der Waals surface area contributed by atoms with Gasteiger partial charge in [-0.3, -0.25) is 4.72 Å². The second kappa shape index (κ2) is 6.41. The van der Waals surface area contributed by atoms with Gasteiger partial charge in [0, 0.05) is 17.5 Å². The molecule has 3 aromatic rings. The number of fused-ring (bicyclic) bond motifs is 1. The van der Waals surface area contributed by atoms with Crippen molar-refractivity contribution < 1.29 is 26.3 Å². The SMILES string of the molecule is COc1cccc(C(F)(F)F)c1NS(=O)(=O)c1cc2nc(C)cc(C)n2n1. The van der Waals surface area contributed by atoms with Crippen LogP contribution in [0.1, 0.15) is 17.0 Å². The predicted molar refractivity (Wildman–Crippen MR) is 91.3 cm³/mol. The molecular formula is C16H15F3N4O3S. The van der Waals surface area contributed by atoms with E-state index in [0.29, 0.717) is 11.4 Å². The monoisotopic (exact) mass is 400 g/mol. The molecule has 0 saturated carbocycles. The molecule has 0 bridgehead atoms. The fraction of sp³-hybridized carbons (Fsp3) is 0.250. The van der Waals surface area contributed by atoms with E-state index in [1.54, 1.807) is 19.9 Å². The molecule has 0 aliphatic carbocycles. The zero-order chi connectivity index (χ0) is 20.0. The minimum absolute atomic E-state index is 0.262. The number of methoxy groups -OCH3 is 1. The molecule has 11 heteroatoms. The second-order valence-electron chi connectivity index (χ2n) is 5.78. The molecule has 1 N–H and O–H groups in total. The smallest absolute Gasteiger partial charge is 0.418 e. The van der Waals surface area contributed by atoms with Crippen LogP contribution in [0.5, 0.6) is 5.75 Å². The number of anilines is 1. The van der Waals surface area contributed by atoms with Gasteiger partial charge in [0.1, 0.15) is 11.4 Å². The van der Waals surface area contributed by atoms with Crippen LogP contribution in [0.4, 0.5) is 18.9 Å². The highest BCUT2D eigenvalue weighted by Gasteiger charge is 2.36. The van der Waals surface area contributed by atoms with E-state index in [2.05, 4.69) is 10.1 Å². The molecule has 0 aliphatic rings. The molecule has 2 aromatic heterocycles. The largest absolute Gasteiger partial charge is 0.495 e. The fourth-order valence-electron chi connectivity index (χ4n) is 2.63. The molecule has 0 spiro atoms. The van der Waals surface area contributed by atoms with Crippen molar-refractivity contribution in [2.75, 3.05) is 11.8 Å². The first kappa shape index (κ1) is 19.0. The maximum atomic E-state index is 13.3. The molecular weight excluding hydrogens is 385 g/mol. The minimum atomic E-state index is -4.78. The maximum absolute atomic E-state index is 13.3. The fourth-order valence-corrected chi connectivity index (χ4v) is 3.66. The average Bonchev–Trinajstić information content (AvgIpc) is 2.99. The van der Waals surface area contributed by atoms with Crippen molar-refractivity contribution in [2.45, 2.75) is 25.0 Å². The summed E-state index contributed by atoms with van der Waals surface area (Å²) in [4.78, 5) is 4.17. The van der Waals surface area contributed by atoms with Crippen LogP contribution < -0.4 is 9.46 Å². The lowest BCUT2D eigenvalue weighted by atomic mass is 10.1. The number of alkyl halides is 3. The van der Waals surface area contributed by atoms with E-state index in [0.717, 1.165) is 19.2 Å². The maximum Gasteiger partial charge on any atom is 0.418 e. The van der Waals surface area contributed by atoms with E-state index in [4.69, 9.17) is 4.74 Å². The number of nitrogens with one attached hydrogen (secondary N) is 1. The van der Waals surface area contributed by atoms with Crippen molar-refractivity contribution in [1.82, 2.24) is 14.6 Å². The van der Waals surface area contributed by atoms with E-state index in [-0.39, 0.29) is 11.4 Å². The number of nitrogens with zero attached hydrogens (tertiary/aromatic N) is 3. The Bertz CT molecular complexity index is 1120. The van der Waals surface area contributed by atoms with Crippen LogP contribution >= 0.6 is 0 Å². The van der Waals surface area contributed by atoms with Crippen LogP contribution in [0.2, 0.25) is 0 Å². The van der Waals surface area contributed by atoms with Gasteiger partial charge in [-0.25, -0.2) is 9.50 Å². The number of aryl methyl sites for hydroxylation is 2. The number of sulfonamides is 1. The molecule has 144 valence electrons. The van der Waals surface area contributed by atoms with Gasteiger partial charge in [0.2, 0.25) is 0 Å². The Hall–Kier alpha value is -2.82. The number of rotatable bonds is 4. The van der Waals surface area contributed by atoms with Crippen LogP contribution in [-0.4, -0.2) is 30.1 Å². The average molecular weight is 400 g/mol. The summed E-state index contributed by atoms with van der Waals surface area (Å²) in [5.74, 6) is -0.262. The molecule has 1 aromatic carbocycles. The Balaban J connectivity index is 2.12. The summed E-state index contributed by atoms with van der Waals surface area (Å²) in [6.45, 7) is 3.44. The first-order valence-corrected chi connectivity index (χ1v) is 9.12. The highest BCUT2D eigenvalue weighted by Crippen LogP contribution is 2.40. The summed E-state index contributed by atoms with van der Waals surface area (Å²) in [5, 5.41) is 3.49. The van der Waals surface area contributed by atoms with Gasteiger partial charge in [-0.15, -0.1) is 0 Å². The van der Waals surface area contributed by atoms with E-state index < -0.39 is 32.5 Å². The van der Waals surface area contributed by atoms with Crippen molar-refractivity contribution in [1.29, 1.82) is 0 Å². The third-order valence-electron chi connectivity index (χ3n) is 3.77. The predicted octanol–water partition coefficient (Wildman–Crippen LogP) is 3.17. The molecule has 0 saturated heterocycles. The van der Waals surface area contributed by atoms with Crippen molar-refractivity contribution in [3.63, 3.8) is 0 Å². The normalized spacial score (nSPS) is 12.4. The van der Waals surface area contributed by atoms with Crippen molar-refractivity contribution >= 4 is 21.4 Å². The summed E-state index contributed by atoms with van der Waals surface area (Å²) in [5.41, 5.74) is -0.318. The van der Waals surface area contributed by atoms with Gasteiger partial charge in [0.05, 0.1) is 12.7 Å². The number of hydrogen-bond donors (Lipinski definition) is 1. The number of para-hydroxylation sites is 1. The highest BCUT2D eigenvalue weighted by molar-refractivity contribution is 7.92. The summed E-state index contributed by atoms with van der Waals surface area (Å²) in [6, 6.07) is 6.00. The quantitative estimate of drug-likeness (QED) is 0.727. The van der Waals surface area contributed by atoms with E-state index in [1.165, 1.54) is 16.6 Å². The lowest BCUT2D eigenvalue weighted by Gasteiger charge is -2.16. The number of benzene rings is 1. The Labute approximate surface area is 152 Å². The van der Waals surface area contributed by atoms with Gasteiger partial charge in [-0.2, -0.15) is 26.7 Å². The lowest BCUT2D eigenvalue weighted by molar-refractivity contribution is -0.137. The Morgan fingerprint density at radius 2 is 1.89 bits per heavy atom. The Morgan fingerprint density at radius 1 is 1.19 bits per heavy atom. The van der Waals surface area contributed by atoms with Gasteiger partial charge >= 0.3 is 6.18 Å². The molecule has 7 nitrogen and oxygen atoms in total. The van der Waals surface area contributed by atoms with Gasteiger partial charge < -0.3 is 4.74 Å². The van der Waals surface area contributed by atoms with Crippen LogP contribution in [-0.2, 0) is 16.2 Å². The summed E-state index contributed by atoms with van der Waals surface area (Å²) < 4.78 is 73.4. The Morgan fingerprint density at radius 3 is 2.52 bits per heavy atom. The van der Waals surface area contributed by atoms with Gasteiger partial charge in [0.15, 0.2) is 10.7 Å². The third kappa shape index (κ3) is 3.54. The summed E-state index contributed by atoms with van der Waals surface area (Å²) in [6.07, 6.45) is -4.78. The summed E-state index contributed by atoms with van der Waals surface area (Å²) >= 11 is 0.